The van der Waals surface area contributed by atoms with E-state index in [1.807, 2.05) is 0 Å². The molecule has 0 aliphatic heterocycles. The first kappa shape index (κ1) is 14.2. The molecule has 5 heteroatoms. The van der Waals surface area contributed by atoms with Gasteiger partial charge in [0.1, 0.15) is 0 Å². The van der Waals surface area contributed by atoms with Crippen LogP contribution in [0.3, 0.4) is 0 Å². The molecule has 0 aromatic heterocycles. The number of amides is 2. The van der Waals surface area contributed by atoms with E-state index < -0.39 is 5.97 Å². The summed E-state index contributed by atoms with van der Waals surface area (Å²) in [7, 11) is 0. The number of carbonyl (C=O) groups is 2. The number of aliphatic carboxylic acids is 1. The standard InChI is InChI=1S/C14H24N2O3/c17-13(18)11-4-1-5-12(9-11)16-14(19)15-8-2-3-10-6-7-10/h10-12H,1-9H2,(H,17,18)(H2,15,16,19). The van der Waals surface area contributed by atoms with Gasteiger partial charge in [0.2, 0.25) is 0 Å². The second kappa shape index (κ2) is 6.78. The van der Waals surface area contributed by atoms with E-state index in [4.69, 9.17) is 5.11 Å². The second-order valence-corrected chi connectivity index (χ2v) is 5.88. The zero-order chi connectivity index (χ0) is 13.7. The van der Waals surface area contributed by atoms with Gasteiger partial charge in [0.15, 0.2) is 0 Å². The van der Waals surface area contributed by atoms with Gasteiger partial charge >= 0.3 is 12.0 Å². The maximum Gasteiger partial charge on any atom is 0.315 e. The fourth-order valence-corrected chi connectivity index (χ4v) is 2.78. The number of carbonyl (C=O) groups excluding carboxylic acids is 1. The van der Waals surface area contributed by atoms with Crippen LogP contribution >= 0.6 is 0 Å². The lowest BCUT2D eigenvalue weighted by Crippen LogP contribution is -2.45. The molecule has 2 fully saturated rings. The van der Waals surface area contributed by atoms with Crippen molar-refractivity contribution in [3.05, 3.63) is 0 Å². The maximum atomic E-state index is 11.7. The molecule has 0 spiro atoms. The normalized spacial score (nSPS) is 26.7. The highest BCUT2D eigenvalue weighted by atomic mass is 16.4. The second-order valence-electron chi connectivity index (χ2n) is 5.88. The molecular weight excluding hydrogens is 244 g/mol. The van der Waals surface area contributed by atoms with E-state index in [2.05, 4.69) is 10.6 Å². The van der Waals surface area contributed by atoms with Crippen LogP contribution < -0.4 is 10.6 Å². The number of nitrogens with one attached hydrogen (secondary N) is 2. The Hall–Kier alpha value is -1.26. The Morgan fingerprint density at radius 2 is 1.95 bits per heavy atom. The molecule has 2 atom stereocenters. The Morgan fingerprint density at radius 1 is 1.16 bits per heavy atom. The highest BCUT2D eigenvalue weighted by Crippen LogP contribution is 2.33. The van der Waals surface area contributed by atoms with E-state index in [9.17, 15) is 9.59 Å². The van der Waals surface area contributed by atoms with Crippen molar-refractivity contribution in [3.63, 3.8) is 0 Å². The SMILES string of the molecule is O=C(NCCCC1CC1)NC1CCCC(C(=O)O)C1. The van der Waals surface area contributed by atoms with Gasteiger partial charge in [0.05, 0.1) is 5.92 Å². The molecule has 0 saturated heterocycles. The van der Waals surface area contributed by atoms with Crippen molar-refractivity contribution in [2.24, 2.45) is 11.8 Å². The van der Waals surface area contributed by atoms with Crippen LogP contribution in [0.15, 0.2) is 0 Å². The van der Waals surface area contributed by atoms with Crippen molar-refractivity contribution in [1.82, 2.24) is 10.6 Å². The Morgan fingerprint density at radius 3 is 2.63 bits per heavy atom. The minimum atomic E-state index is -0.739. The predicted molar refractivity (Wildman–Crippen MR) is 71.9 cm³/mol. The van der Waals surface area contributed by atoms with Crippen molar-refractivity contribution in [1.29, 1.82) is 0 Å². The fourth-order valence-electron chi connectivity index (χ4n) is 2.78. The molecule has 2 rings (SSSR count). The smallest absolute Gasteiger partial charge is 0.315 e. The van der Waals surface area contributed by atoms with E-state index in [-0.39, 0.29) is 18.0 Å². The summed E-state index contributed by atoms with van der Waals surface area (Å²) in [4.78, 5) is 22.6. The molecule has 2 aliphatic carbocycles. The van der Waals surface area contributed by atoms with E-state index >= 15 is 0 Å². The number of carboxylic acid groups (broad SMARTS) is 1. The molecule has 2 unspecified atom stereocenters. The van der Waals surface area contributed by atoms with Gasteiger partial charge in [-0.05, 0) is 38.0 Å². The van der Waals surface area contributed by atoms with Crippen molar-refractivity contribution >= 4 is 12.0 Å². The van der Waals surface area contributed by atoms with E-state index in [0.29, 0.717) is 6.42 Å². The minimum Gasteiger partial charge on any atom is -0.481 e. The molecule has 0 aromatic rings. The average Bonchev–Trinajstić information content (AvgIpc) is 3.19. The molecule has 2 aliphatic rings. The van der Waals surface area contributed by atoms with Crippen molar-refractivity contribution in [2.75, 3.05) is 6.54 Å². The van der Waals surface area contributed by atoms with Crippen molar-refractivity contribution in [3.8, 4) is 0 Å². The number of hydrogen-bond donors (Lipinski definition) is 3. The summed E-state index contributed by atoms with van der Waals surface area (Å²) in [5.74, 6) is -0.134. The first-order valence-corrected chi connectivity index (χ1v) is 7.42. The van der Waals surface area contributed by atoms with Gasteiger partial charge < -0.3 is 15.7 Å². The zero-order valence-electron chi connectivity index (χ0n) is 11.4. The van der Waals surface area contributed by atoms with Crippen LogP contribution in [0.25, 0.3) is 0 Å². The molecule has 5 nitrogen and oxygen atoms in total. The fraction of sp³-hybridized carbons (Fsp3) is 0.857. The van der Waals surface area contributed by atoms with E-state index in [0.717, 1.165) is 38.1 Å². The molecule has 19 heavy (non-hydrogen) atoms. The van der Waals surface area contributed by atoms with Crippen LogP contribution in [0, 0.1) is 11.8 Å². The average molecular weight is 268 g/mol. The predicted octanol–water partition coefficient (Wildman–Crippen LogP) is 2.12. The Labute approximate surface area is 114 Å². The molecule has 2 amide bonds. The number of carboxylic acids is 1. The monoisotopic (exact) mass is 268 g/mol. The van der Waals surface area contributed by atoms with Crippen LogP contribution in [0.4, 0.5) is 4.79 Å². The van der Waals surface area contributed by atoms with Gasteiger partial charge in [-0.1, -0.05) is 19.3 Å². The Bertz CT molecular complexity index is 329. The molecule has 0 heterocycles. The molecule has 108 valence electrons. The largest absolute Gasteiger partial charge is 0.481 e. The first-order valence-electron chi connectivity index (χ1n) is 7.42. The first-order chi connectivity index (χ1) is 9.15. The van der Waals surface area contributed by atoms with Crippen molar-refractivity contribution < 1.29 is 14.7 Å². The third kappa shape index (κ3) is 5.09. The summed E-state index contributed by atoms with van der Waals surface area (Å²) in [6.45, 7) is 0.720. The zero-order valence-corrected chi connectivity index (χ0v) is 11.4. The highest BCUT2D eigenvalue weighted by molar-refractivity contribution is 5.74. The van der Waals surface area contributed by atoms with Gasteiger partial charge in [-0.3, -0.25) is 4.79 Å². The van der Waals surface area contributed by atoms with Crippen LogP contribution in [0.5, 0.6) is 0 Å². The summed E-state index contributed by atoms with van der Waals surface area (Å²) in [6.07, 6.45) is 8.02. The lowest BCUT2D eigenvalue weighted by molar-refractivity contribution is -0.143. The van der Waals surface area contributed by atoms with Gasteiger partial charge in [-0.2, -0.15) is 0 Å². The number of urea groups is 1. The van der Waals surface area contributed by atoms with Crippen LogP contribution in [-0.4, -0.2) is 29.7 Å². The van der Waals surface area contributed by atoms with Gasteiger partial charge in [0.25, 0.3) is 0 Å². The van der Waals surface area contributed by atoms with Crippen molar-refractivity contribution in [2.45, 2.75) is 57.4 Å². The quantitative estimate of drug-likeness (QED) is 0.646. The Kier molecular flexibility index (Phi) is 5.05. The summed E-state index contributed by atoms with van der Waals surface area (Å²) in [5, 5.41) is 14.7. The van der Waals surface area contributed by atoms with Gasteiger partial charge in [-0.15, -0.1) is 0 Å². The third-order valence-electron chi connectivity index (χ3n) is 4.13. The lowest BCUT2D eigenvalue weighted by Gasteiger charge is -2.27. The third-order valence-corrected chi connectivity index (χ3v) is 4.13. The molecule has 3 N–H and O–H groups in total. The van der Waals surface area contributed by atoms with E-state index in [1.54, 1.807) is 0 Å². The van der Waals surface area contributed by atoms with Crippen LogP contribution in [0.2, 0.25) is 0 Å². The summed E-state index contributed by atoms with van der Waals surface area (Å²) in [6, 6.07) is -0.134. The van der Waals surface area contributed by atoms with E-state index in [1.165, 1.54) is 19.3 Å². The Balaban J connectivity index is 1.59. The van der Waals surface area contributed by atoms with Gasteiger partial charge in [-0.25, -0.2) is 4.79 Å². The summed E-state index contributed by atoms with van der Waals surface area (Å²) < 4.78 is 0. The van der Waals surface area contributed by atoms with Crippen LogP contribution in [-0.2, 0) is 4.79 Å². The highest BCUT2D eigenvalue weighted by Gasteiger charge is 2.27. The van der Waals surface area contributed by atoms with Crippen LogP contribution in [0.1, 0.15) is 51.4 Å². The molecule has 2 saturated carbocycles. The summed E-state index contributed by atoms with van der Waals surface area (Å²) in [5.41, 5.74) is 0. The minimum absolute atomic E-state index is 0.0123. The number of hydrogen-bond acceptors (Lipinski definition) is 2. The topological polar surface area (TPSA) is 78.4 Å². The molecule has 0 bridgehead atoms. The molecular formula is C14H24N2O3. The summed E-state index contributed by atoms with van der Waals surface area (Å²) >= 11 is 0. The number of rotatable bonds is 6. The maximum absolute atomic E-state index is 11.7. The van der Waals surface area contributed by atoms with Gasteiger partial charge in [0, 0.05) is 12.6 Å². The molecule has 0 aromatic carbocycles. The lowest BCUT2D eigenvalue weighted by atomic mass is 9.86. The molecule has 0 radical (unpaired) electrons.